The van der Waals surface area contributed by atoms with Crippen molar-refractivity contribution in [3.05, 3.63) is 21.9 Å². The average Bonchev–Trinajstić information content (AvgIpc) is 2.31. The van der Waals surface area contributed by atoms with Crippen molar-refractivity contribution in [1.29, 1.82) is 0 Å². The molecule has 0 spiro atoms. The molecule has 1 rings (SSSR count). The SMILES string of the molecule is Cc1ccsc1C#CC(=O)O. The number of carboxylic acids is 1. The smallest absolute Gasteiger partial charge is 0.382 e. The van der Waals surface area contributed by atoms with Crippen molar-refractivity contribution in [2.24, 2.45) is 0 Å². The van der Waals surface area contributed by atoms with Crippen LogP contribution in [0.4, 0.5) is 0 Å². The molecule has 11 heavy (non-hydrogen) atoms. The number of aryl methyl sites for hydroxylation is 1. The Bertz CT molecular complexity index is 327. The van der Waals surface area contributed by atoms with Gasteiger partial charge in [0.2, 0.25) is 0 Å². The third-order valence-corrected chi connectivity index (χ3v) is 2.08. The summed E-state index contributed by atoms with van der Waals surface area (Å²) in [6.07, 6.45) is 0. The Balaban J connectivity index is 2.90. The number of hydrogen-bond donors (Lipinski definition) is 1. The Hall–Kier alpha value is -1.27. The van der Waals surface area contributed by atoms with Gasteiger partial charge >= 0.3 is 5.97 Å². The van der Waals surface area contributed by atoms with Gasteiger partial charge in [0.15, 0.2) is 0 Å². The van der Waals surface area contributed by atoms with E-state index in [-0.39, 0.29) is 0 Å². The van der Waals surface area contributed by atoms with Crippen LogP contribution in [0, 0.1) is 18.8 Å². The molecule has 0 aromatic carbocycles. The fourth-order valence-electron chi connectivity index (χ4n) is 0.611. The molecular formula is C8H6O2S. The standard InChI is InChI=1S/C8H6O2S/c1-6-4-5-11-7(6)2-3-8(9)10/h4-5H,1H3,(H,9,10). The number of aliphatic carboxylic acids is 1. The summed E-state index contributed by atoms with van der Waals surface area (Å²) in [5.41, 5.74) is 1.03. The molecule has 56 valence electrons. The Morgan fingerprint density at radius 2 is 2.45 bits per heavy atom. The minimum atomic E-state index is -1.09. The maximum absolute atomic E-state index is 10.0. The average molecular weight is 166 g/mol. The van der Waals surface area contributed by atoms with Crippen molar-refractivity contribution >= 4 is 17.3 Å². The second-order valence-electron chi connectivity index (χ2n) is 1.99. The lowest BCUT2D eigenvalue weighted by Crippen LogP contribution is -1.86. The Kier molecular flexibility index (Phi) is 2.29. The van der Waals surface area contributed by atoms with Crippen LogP contribution in [0.15, 0.2) is 11.4 Å². The van der Waals surface area contributed by atoms with Crippen molar-refractivity contribution in [2.75, 3.05) is 0 Å². The zero-order chi connectivity index (χ0) is 8.27. The van der Waals surface area contributed by atoms with Crippen molar-refractivity contribution in [1.82, 2.24) is 0 Å². The van der Waals surface area contributed by atoms with Crippen LogP contribution >= 0.6 is 11.3 Å². The van der Waals surface area contributed by atoms with Crippen LogP contribution in [0.2, 0.25) is 0 Å². The lowest BCUT2D eigenvalue weighted by molar-refractivity contribution is -0.130. The molecule has 0 amide bonds. The van der Waals surface area contributed by atoms with E-state index < -0.39 is 5.97 Å². The van der Waals surface area contributed by atoms with Gasteiger partial charge in [-0.1, -0.05) is 0 Å². The Morgan fingerprint density at radius 1 is 1.73 bits per heavy atom. The summed E-state index contributed by atoms with van der Waals surface area (Å²) in [4.78, 5) is 10.9. The summed E-state index contributed by atoms with van der Waals surface area (Å²) < 4.78 is 0. The number of carbonyl (C=O) groups is 1. The van der Waals surface area contributed by atoms with Crippen LogP contribution in [0.25, 0.3) is 0 Å². The summed E-state index contributed by atoms with van der Waals surface area (Å²) >= 11 is 1.45. The van der Waals surface area contributed by atoms with Crippen molar-refractivity contribution < 1.29 is 9.90 Å². The van der Waals surface area contributed by atoms with Gasteiger partial charge in [0.25, 0.3) is 0 Å². The molecule has 1 heterocycles. The van der Waals surface area contributed by atoms with Crippen LogP contribution < -0.4 is 0 Å². The highest BCUT2D eigenvalue weighted by atomic mass is 32.1. The molecule has 1 aromatic rings. The monoisotopic (exact) mass is 166 g/mol. The maximum Gasteiger partial charge on any atom is 0.382 e. The summed E-state index contributed by atoms with van der Waals surface area (Å²) in [5.74, 6) is 3.54. The Morgan fingerprint density at radius 3 is 2.91 bits per heavy atom. The molecule has 0 fully saturated rings. The highest BCUT2D eigenvalue weighted by molar-refractivity contribution is 7.10. The number of rotatable bonds is 0. The van der Waals surface area contributed by atoms with Gasteiger partial charge in [-0.2, -0.15) is 0 Å². The molecular weight excluding hydrogens is 160 g/mol. The first kappa shape index (κ1) is 7.83. The van der Waals surface area contributed by atoms with Crippen molar-refractivity contribution in [2.45, 2.75) is 6.92 Å². The molecule has 0 unspecified atom stereocenters. The Labute approximate surface area is 68.5 Å². The van der Waals surface area contributed by atoms with E-state index in [4.69, 9.17) is 5.11 Å². The molecule has 0 aliphatic heterocycles. The zero-order valence-electron chi connectivity index (χ0n) is 5.92. The first-order valence-electron chi connectivity index (χ1n) is 2.99. The third-order valence-electron chi connectivity index (χ3n) is 1.15. The molecule has 1 N–H and O–H groups in total. The lowest BCUT2D eigenvalue weighted by Gasteiger charge is -1.81. The molecule has 0 atom stereocenters. The molecule has 0 radical (unpaired) electrons. The summed E-state index contributed by atoms with van der Waals surface area (Å²) in [7, 11) is 0. The first-order valence-corrected chi connectivity index (χ1v) is 3.87. The third kappa shape index (κ3) is 2.10. The van der Waals surface area contributed by atoms with Crippen LogP contribution in [0.5, 0.6) is 0 Å². The van der Waals surface area contributed by atoms with E-state index in [1.165, 1.54) is 11.3 Å². The van der Waals surface area contributed by atoms with E-state index in [2.05, 4.69) is 11.8 Å². The summed E-state index contributed by atoms with van der Waals surface area (Å²) in [6, 6.07) is 1.91. The van der Waals surface area contributed by atoms with Crippen LogP contribution in [-0.4, -0.2) is 11.1 Å². The van der Waals surface area contributed by atoms with Gasteiger partial charge in [0.1, 0.15) is 0 Å². The zero-order valence-corrected chi connectivity index (χ0v) is 6.73. The second-order valence-corrected chi connectivity index (χ2v) is 2.90. The van der Waals surface area contributed by atoms with Gasteiger partial charge in [0, 0.05) is 5.92 Å². The molecule has 0 aliphatic carbocycles. The van der Waals surface area contributed by atoms with Crippen LogP contribution in [-0.2, 0) is 4.79 Å². The largest absolute Gasteiger partial charge is 0.472 e. The fourth-order valence-corrected chi connectivity index (χ4v) is 1.38. The van der Waals surface area contributed by atoms with Gasteiger partial charge in [-0.3, -0.25) is 0 Å². The quantitative estimate of drug-likeness (QED) is 0.593. The second kappa shape index (κ2) is 3.22. The van der Waals surface area contributed by atoms with Crippen LogP contribution in [0.3, 0.4) is 0 Å². The molecule has 2 nitrogen and oxygen atoms in total. The molecule has 3 heteroatoms. The van der Waals surface area contributed by atoms with Crippen LogP contribution in [0.1, 0.15) is 10.4 Å². The van der Waals surface area contributed by atoms with Gasteiger partial charge in [-0.05, 0) is 29.9 Å². The summed E-state index contributed by atoms with van der Waals surface area (Å²) in [6.45, 7) is 1.91. The van der Waals surface area contributed by atoms with Gasteiger partial charge in [-0.15, -0.1) is 11.3 Å². The van der Waals surface area contributed by atoms with Gasteiger partial charge in [-0.25, -0.2) is 4.79 Å². The maximum atomic E-state index is 10.0. The van der Waals surface area contributed by atoms with E-state index in [0.29, 0.717) is 0 Å². The van der Waals surface area contributed by atoms with E-state index in [1.54, 1.807) is 0 Å². The molecule has 0 bridgehead atoms. The predicted molar refractivity (Wildman–Crippen MR) is 43.6 cm³/mol. The highest BCUT2D eigenvalue weighted by Gasteiger charge is 1.93. The van der Waals surface area contributed by atoms with E-state index in [9.17, 15) is 4.79 Å². The minimum Gasteiger partial charge on any atom is -0.472 e. The number of carboxylic acid groups (broad SMARTS) is 1. The minimum absolute atomic E-state index is 0.826. The topological polar surface area (TPSA) is 37.3 Å². The molecule has 1 aromatic heterocycles. The molecule has 0 saturated heterocycles. The lowest BCUT2D eigenvalue weighted by atomic mass is 10.3. The predicted octanol–water partition coefficient (Wildman–Crippen LogP) is 1.49. The number of thiophene rings is 1. The summed E-state index contributed by atoms with van der Waals surface area (Å²) in [5, 5.41) is 10.1. The molecule has 0 aliphatic rings. The van der Waals surface area contributed by atoms with Gasteiger partial charge in [0.05, 0.1) is 4.88 Å². The normalized spacial score (nSPS) is 8.45. The van der Waals surface area contributed by atoms with E-state index >= 15 is 0 Å². The van der Waals surface area contributed by atoms with Crippen molar-refractivity contribution in [3.8, 4) is 11.8 Å². The highest BCUT2D eigenvalue weighted by Crippen LogP contribution is 2.12. The molecule has 0 saturated carbocycles. The van der Waals surface area contributed by atoms with Gasteiger partial charge < -0.3 is 5.11 Å². The fraction of sp³-hybridized carbons (Fsp3) is 0.125. The van der Waals surface area contributed by atoms with E-state index in [0.717, 1.165) is 10.4 Å². The van der Waals surface area contributed by atoms with Crippen molar-refractivity contribution in [3.63, 3.8) is 0 Å². The first-order chi connectivity index (χ1) is 5.20. The van der Waals surface area contributed by atoms with E-state index in [1.807, 2.05) is 18.4 Å². The number of hydrogen-bond acceptors (Lipinski definition) is 2.